The van der Waals surface area contributed by atoms with Crippen LogP contribution in [0, 0.1) is 5.41 Å². The maximum atomic E-state index is 12.3. The molecule has 2 N–H and O–H groups in total. The van der Waals surface area contributed by atoms with Gasteiger partial charge < -0.3 is 29.2 Å². The summed E-state index contributed by atoms with van der Waals surface area (Å²) < 4.78 is 21.0. The molecule has 8 nitrogen and oxygen atoms in total. The normalized spacial score (nSPS) is 10.9. The van der Waals surface area contributed by atoms with Crippen LogP contribution in [-0.2, 0) is 22.4 Å². The van der Waals surface area contributed by atoms with Crippen LogP contribution in [0.1, 0.15) is 11.1 Å². The fourth-order valence-electron chi connectivity index (χ4n) is 3.15. The predicted molar refractivity (Wildman–Crippen MR) is 104 cm³/mol. The van der Waals surface area contributed by atoms with Gasteiger partial charge in [-0.05, 0) is 47.5 Å². The van der Waals surface area contributed by atoms with Crippen LogP contribution in [0.4, 0.5) is 0 Å². The molecular weight excluding hydrogens is 380 g/mol. The van der Waals surface area contributed by atoms with E-state index in [1.807, 2.05) is 0 Å². The topological polar surface area (TPSA) is 112 Å². The maximum Gasteiger partial charge on any atom is 0.321 e. The van der Waals surface area contributed by atoms with Crippen molar-refractivity contribution < 1.29 is 38.7 Å². The Kier molecular flexibility index (Phi) is 6.93. The van der Waals surface area contributed by atoms with Crippen molar-refractivity contribution in [3.63, 3.8) is 0 Å². The maximum absolute atomic E-state index is 12.3. The minimum absolute atomic E-state index is 0.321. The van der Waals surface area contributed by atoms with Crippen LogP contribution in [0.15, 0.2) is 36.4 Å². The highest BCUT2D eigenvalue weighted by Gasteiger charge is 2.48. The number of hydrogen-bond donors (Lipinski definition) is 2. The molecule has 29 heavy (non-hydrogen) atoms. The molecule has 156 valence electrons. The summed E-state index contributed by atoms with van der Waals surface area (Å²) in [6.45, 7) is 0. The minimum Gasteiger partial charge on any atom is -0.497 e. The Bertz CT molecular complexity index is 817. The van der Waals surface area contributed by atoms with Gasteiger partial charge in [0.25, 0.3) is 0 Å². The number of aliphatic carboxylic acids is 2. The van der Waals surface area contributed by atoms with Gasteiger partial charge in [0.05, 0.1) is 28.4 Å². The van der Waals surface area contributed by atoms with Crippen LogP contribution in [0.25, 0.3) is 0 Å². The summed E-state index contributed by atoms with van der Waals surface area (Å²) in [4.78, 5) is 24.5. The van der Waals surface area contributed by atoms with Crippen molar-refractivity contribution in [2.75, 3.05) is 28.4 Å². The van der Waals surface area contributed by atoms with E-state index < -0.39 is 17.4 Å². The lowest BCUT2D eigenvalue weighted by atomic mass is 9.76. The Balaban J connectivity index is 2.59. The lowest BCUT2D eigenvalue weighted by Gasteiger charge is -2.27. The Morgan fingerprint density at radius 1 is 0.724 bits per heavy atom. The Labute approximate surface area is 168 Å². The molecule has 0 fully saturated rings. The second-order valence-corrected chi connectivity index (χ2v) is 6.40. The molecule has 0 unspecified atom stereocenters. The highest BCUT2D eigenvalue weighted by molar-refractivity contribution is 5.99. The highest BCUT2D eigenvalue weighted by atomic mass is 16.5. The number of methoxy groups -OCH3 is 4. The summed E-state index contributed by atoms with van der Waals surface area (Å²) in [5.74, 6) is -1.28. The molecule has 0 aliphatic heterocycles. The van der Waals surface area contributed by atoms with Crippen molar-refractivity contribution in [2.45, 2.75) is 12.8 Å². The number of carboxylic acid groups (broad SMARTS) is 2. The van der Waals surface area contributed by atoms with Gasteiger partial charge in [-0.25, -0.2) is 0 Å². The van der Waals surface area contributed by atoms with Gasteiger partial charge >= 0.3 is 11.9 Å². The SMILES string of the molecule is COc1ccc(OC)c(CC(Cc2cc(OC)ccc2OC)(C(=O)O)C(=O)O)c1. The summed E-state index contributed by atoms with van der Waals surface area (Å²) in [6, 6.07) is 9.65. The highest BCUT2D eigenvalue weighted by Crippen LogP contribution is 2.37. The van der Waals surface area contributed by atoms with E-state index in [0.717, 1.165) is 0 Å². The lowest BCUT2D eigenvalue weighted by molar-refractivity contribution is -0.164. The first-order valence-electron chi connectivity index (χ1n) is 8.70. The van der Waals surface area contributed by atoms with E-state index in [1.54, 1.807) is 36.4 Å². The molecule has 0 saturated carbocycles. The molecule has 0 atom stereocenters. The Hall–Kier alpha value is -3.42. The zero-order chi connectivity index (χ0) is 21.6. The number of carbonyl (C=O) groups is 2. The fraction of sp³-hybridized carbons (Fsp3) is 0.333. The molecule has 0 aliphatic rings. The monoisotopic (exact) mass is 404 g/mol. The zero-order valence-corrected chi connectivity index (χ0v) is 16.7. The van der Waals surface area contributed by atoms with Crippen LogP contribution < -0.4 is 18.9 Å². The summed E-state index contributed by atoms with van der Waals surface area (Å²) in [5.41, 5.74) is -1.36. The van der Waals surface area contributed by atoms with Crippen LogP contribution in [-0.4, -0.2) is 50.6 Å². The van der Waals surface area contributed by atoms with E-state index in [-0.39, 0.29) is 12.8 Å². The second-order valence-electron chi connectivity index (χ2n) is 6.40. The quantitative estimate of drug-likeness (QED) is 0.582. The number of hydrogen-bond acceptors (Lipinski definition) is 6. The first-order valence-corrected chi connectivity index (χ1v) is 8.70. The van der Waals surface area contributed by atoms with Gasteiger partial charge in [-0.3, -0.25) is 9.59 Å². The van der Waals surface area contributed by atoms with Gasteiger partial charge in [0.1, 0.15) is 23.0 Å². The van der Waals surface area contributed by atoms with Crippen LogP contribution >= 0.6 is 0 Å². The van der Waals surface area contributed by atoms with Crippen LogP contribution in [0.3, 0.4) is 0 Å². The van der Waals surface area contributed by atoms with Gasteiger partial charge in [-0.1, -0.05) is 0 Å². The summed E-state index contributed by atoms with van der Waals surface area (Å²) in [5, 5.41) is 19.9. The Morgan fingerprint density at radius 2 is 1.10 bits per heavy atom. The van der Waals surface area contributed by atoms with Crippen LogP contribution in [0.2, 0.25) is 0 Å². The average Bonchev–Trinajstić information content (AvgIpc) is 2.72. The van der Waals surface area contributed by atoms with Gasteiger partial charge in [-0.15, -0.1) is 0 Å². The van der Waals surface area contributed by atoms with Crippen molar-refractivity contribution >= 4 is 11.9 Å². The molecule has 2 aromatic carbocycles. The average molecular weight is 404 g/mol. The third-order valence-corrected chi connectivity index (χ3v) is 4.78. The molecule has 2 aromatic rings. The van der Waals surface area contributed by atoms with Crippen molar-refractivity contribution in [3.05, 3.63) is 47.5 Å². The van der Waals surface area contributed by atoms with Crippen molar-refractivity contribution in [1.82, 2.24) is 0 Å². The van der Waals surface area contributed by atoms with Gasteiger partial charge in [0.15, 0.2) is 5.41 Å². The zero-order valence-electron chi connectivity index (χ0n) is 16.7. The molecule has 0 spiro atoms. The second kappa shape index (κ2) is 9.18. The number of ether oxygens (including phenoxy) is 4. The number of carboxylic acids is 2. The van der Waals surface area contributed by atoms with Gasteiger partial charge in [0, 0.05) is 12.8 Å². The molecule has 0 amide bonds. The minimum atomic E-state index is -2.17. The van der Waals surface area contributed by atoms with Crippen LogP contribution in [0.5, 0.6) is 23.0 Å². The largest absolute Gasteiger partial charge is 0.497 e. The number of rotatable bonds is 10. The van der Waals surface area contributed by atoms with Gasteiger partial charge in [-0.2, -0.15) is 0 Å². The molecular formula is C21H24O8. The van der Waals surface area contributed by atoms with Crippen molar-refractivity contribution in [3.8, 4) is 23.0 Å². The van der Waals surface area contributed by atoms with E-state index >= 15 is 0 Å². The Morgan fingerprint density at radius 3 is 1.38 bits per heavy atom. The number of benzene rings is 2. The lowest BCUT2D eigenvalue weighted by Crippen LogP contribution is -2.43. The van der Waals surface area contributed by atoms with Crippen molar-refractivity contribution in [1.29, 1.82) is 0 Å². The van der Waals surface area contributed by atoms with Gasteiger partial charge in [0.2, 0.25) is 0 Å². The van der Waals surface area contributed by atoms with E-state index in [4.69, 9.17) is 18.9 Å². The summed E-state index contributed by atoms with van der Waals surface area (Å²) in [7, 11) is 5.79. The predicted octanol–water partition coefficient (Wildman–Crippen LogP) is 2.66. The molecule has 8 heteroatoms. The molecule has 0 heterocycles. The fourth-order valence-corrected chi connectivity index (χ4v) is 3.15. The van der Waals surface area contributed by atoms with E-state index in [2.05, 4.69) is 0 Å². The molecule has 0 saturated heterocycles. The van der Waals surface area contributed by atoms with Crippen molar-refractivity contribution in [2.24, 2.45) is 5.41 Å². The standard InChI is InChI=1S/C21H24O8/c1-26-15-5-7-17(28-3)13(9-15)11-21(19(22)23,20(24)25)12-14-10-16(27-2)6-8-18(14)29-4/h5-10H,11-12H2,1-4H3,(H,22,23)(H,24,25). The smallest absolute Gasteiger partial charge is 0.321 e. The molecule has 0 aliphatic carbocycles. The van der Waals surface area contributed by atoms with E-state index in [1.165, 1.54) is 28.4 Å². The molecule has 0 bridgehead atoms. The summed E-state index contributed by atoms with van der Waals surface area (Å²) >= 11 is 0. The molecule has 0 aromatic heterocycles. The van der Waals surface area contributed by atoms with E-state index in [0.29, 0.717) is 34.1 Å². The first-order chi connectivity index (χ1) is 13.8. The van der Waals surface area contributed by atoms with E-state index in [9.17, 15) is 19.8 Å². The third-order valence-electron chi connectivity index (χ3n) is 4.78. The molecule has 0 radical (unpaired) electrons. The third kappa shape index (κ3) is 4.53. The molecule has 2 rings (SSSR count). The first kappa shape index (κ1) is 21.9. The summed E-state index contributed by atoms with van der Waals surface area (Å²) in [6.07, 6.45) is -0.642.